The molecule has 1 heterocycles. The van der Waals surface area contributed by atoms with Crippen LogP contribution in [-0.2, 0) is 6.54 Å². The van der Waals surface area contributed by atoms with Gasteiger partial charge in [-0.1, -0.05) is 44.9 Å². The summed E-state index contributed by atoms with van der Waals surface area (Å²) in [6.45, 7) is 6.87. The summed E-state index contributed by atoms with van der Waals surface area (Å²) in [6.07, 6.45) is 6.85. The van der Waals surface area contributed by atoms with Crippen molar-refractivity contribution in [3.63, 3.8) is 0 Å². The lowest BCUT2D eigenvalue weighted by atomic mass is 10.0. The van der Waals surface area contributed by atoms with Gasteiger partial charge in [-0.05, 0) is 36.8 Å². The number of benzene rings is 1. The van der Waals surface area contributed by atoms with Crippen LogP contribution in [0, 0.1) is 5.92 Å². The molecule has 0 radical (unpaired) electrons. The number of fused-ring (bicyclic) bond motifs is 1. The predicted octanol–water partition coefficient (Wildman–Crippen LogP) is 3.95. The third-order valence-corrected chi connectivity index (χ3v) is 4.82. The molecule has 1 aliphatic heterocycles. The van der Waals surface area contributed by atoms with E-state index in [2.05, 4.69) is 48.3 Å². The summed E-state index contributed by atoms with van der Waals surface area (Å²) >= 11 is 0. The standard InChI is InChI=1S/C18H28N2/c1-14(2)11-16-13-20(17-8-4-5-9-17)18-10-6-3-7-15(18)12-19-16/h3,6-7,10,14,16-17,19H,4-5,8-9,11-13H2,1-2H3. The van der Waals surface area contributed by atoms with Crippen molar-refractivity contribution in [2.75, 3.05) is 11.4 Å². The Morgan fingerprint density at radius 3 is 2.70 bits per heavy atom. The smallest absolute Gasteiger partial charge is 0.0414 e. The second-order valence-corrected chi connectivity index (χ2v) is 6.93. The molecule has 0 aromatic heterocycles. The van der Waals surface area contributed by atoms with Crippen molar-refractivity contribution in [2.24, 2.45) is 5.92 Å². The minimum atomic E-state index is 0.628. The number of hydrogen-bond acceptors (Lipinski definition) is 2. The summed E-state index contributed by atoms with van der Waals surface area (Å²) in [6, 6.07) is 10.4. The summed E-state index contributed by atoms with van der Waals surface area (Å²) in [4.78, 5) is 2.72. The lowest BCUT2D eigenvalue weighted by Crippen LogP contribution is -2.43. The van der Waals surface area contributed by atoms with E-state index in [1.807, 2.05) is 0 Å². The highest BCUT2D eigenvalue weighted by Gasteiger charge is 2.28. The quantitative estimate of drug-likeness (QED) is 0.896. The molecular weight excluding hydrogens is 244 g/mol. The van der Waals surface area contributed by atoms with Crippen molar-refractivity contribution < 1.29 is 0 Å². The number of para-hydroxylation sites is 1. The van der Waals surface area contributed by atoms with Crippen LogP contribution in [0.2, 0.25) is 0 Å². The molecule has 20 heavy (non-hydrogen) atoms. The van der Waals surface area contributed by atoms with Gasteiger partial charge in [-0.25, -0.2) is 0 Å². The van der Waals surface area contributed by atoms with Gasteiger partial charge in [0, 0.05) is 30.9 Å². The van der Waals surface area contributed by atoms with Gasteiger partial charge in [0.2, 0.25) is 0 Å². The van der Waals surface area contributed by atoms with E-state index >= 15 is 0 Å². The average Bonchev–Trinajstić information content (AvgIpc) is 2.90. The number of rotatable bonds is 3. The monoisotopic (exact) mass is 272 g/mol. The van der Waals surface area contributed by atoms with Crippen molar-refractivity contribution in [3.8, 4) is 0 Å². The SMILES string of the molecule is CC(C)CC1CN(C2CCCC2)c2ccccc2CN1. The topological polar surface area (TPSA) is 15.3 Å². The van der Waals surface area contributed by atoms with Crippen LogP contribution in [0.4, 0.5) is 5.69 Å². The fourth-order valence-electron chi connectivity index (χ4n) is 3.88. The second-order valence-electron chi connectivity index (χ2n) is 6.93. The summed E-state index contributed by atoms with van der Waals surface area (Å²) in [5, 5.41) is 3.78. The van der Waals surface area contributed by atoms with Crippen LogP contribution < -0.4 is 10.2 Å². The molecular formula is C18H28N2. The zero-order valence-corrected chi connectivity index (χ0v) is 12.9. The molecule has 1 aromatic carbocycles. The third kappa shape index (κ3) is 3.01. The second kappa shape index (κ2) is 6.17. The van der Waals surface area contributed by atoms with Gasteiger partial charge in [0.15, 0.2) is 0 Å². The largest absolute Gasteiger partial charge is 0.367 e. The van der Waals surface area contributed by atoms with E-state index in [-0.39, 0.29) is 0 Å². The highest BCUT2D eigenvalue weighted by atomic mass is 15.2. The van der Waals surface area contributed by atoms with E-state index in [9.17, 15) is 0 Å². The molecule has 1 aliphatic carbocycles. The first-order valence-corrected chi connectivity index (χ1v) is 8.32. The number of hydrogen-bond donors (Lipinski definition) is 1. The molecule has 2 aliphatic rings. The summed E-state index contributed by atoms with van der Waals surface area (Å²) in [5.41, 5.74) is 2.96. The lowest BCUT2D eigenvalue weighted by Gasteiger charge is -2.33. The average molecular weight is 272 g/mol. The molecule has 3 rings (SSSR count). The van der Waals surface area contributed by atoms with Gasteiger partial charge >= 0.3 is 0 Å². The summed E-state index contributed by atoms with van der Waals surface area (Å²) in [5.74, 6) is 0.763. The number of anilines is 1. The first-order chi connectivity index (χ1) is 9.74. The van der Waals surface area contributed by atoms with Crippen molar-refractivity contribution in [3.05, 3.63) is 29.8 Å². The van der Waals surface area contributed by atoms with Crippen molar-refractivity contribution in [1.82, 2.24) is 5.32 Å². The first kappa shape index (κ1) is 13.9. The van der Waals surface area contributed by atoms with Crippen molar-refractivity contribution in [1.29, 1.82) is 0 Å². The third-order valence-electron chi connectivity index (χ3n) is 4.82. The van der Waals surface area contributed by atoms with Gasteiger partial charge in [0.25, 0.3) is 0 Å². The van der Waals surface area contributed by atoms with Gasteiger partial charge in [-0.2, -0.15) is 0 Å². The molecule has 2 nitrogen and oxygen atoms in total. The van der Waals surface area contributed by atoms with Crippen LogP contribution in [0.5, 0.6) is 0 Å². The lowest BCUT2D eigenvalue weighted by molar-refractivity contribution is 0.411. The van der Waals surface area contributed by atoms with Crippen LogP contribution >= 0.6 is 0 Å². The molecule has 1 atom stereocenters. The highest BCUT2D eigenvalue weighted by Crippen LogP contribution is 2.32. The van der Waals surface area contributed by atoms with Crippen molar-refractivity contribution in [2.45, 2.75) is 64.6 Å². The molecule has 1 saturated carbocycles. The first-order valence-electron chi connectivity index (χ1n) is 8.32. The predicted molar refractivity (Wildman–Crippen MR) is 86.1 cm³/mol. The Balaban J connectivity index is 1.85. The molecule has 0 bridgehead atoms. The van der Waals surface area contributed by atoms with E-state index < -0.39 is 0 Å². The van der Waals surface area contributed by atoms with Gasteiger partial charge in [0.1, 0.15) is 0 Å². The zero-order valence-electron chi connectivity index (χ0n) is 12.9. The van der Waals surface area contributed by atoms with Gasteiger partial charge < -0.3 is 10.2 Å². The van der Waals surface area contributed by atoms with Crippen LogP contribution in [0.25, 0.3) is 0 Å². The Morgan fingerprint density at radius 1 is 1.20 bits per heavy atom. The highest BCUT2D eigenvalue weighted by molar-refractivity contribution is 5.55. The van der Waals surface area contributed by atoms with Crippen molar-refractivity contribution >= 4 is 5.69 Å². The molecule has 0 saturated heterocycles. The Hall–Kier alpha value is -1.02. The maximum Gasteiger partial charge on any atom is 0.0414 e. The Morgan fingerprint density at radius 2 is 1.95 bits per heavy atom. The molecule has 1 aromatic rings. The zero-order chi connectivity index (χ0) is 13.9. The molecule has 110 valence electrons. The summed E-state index contributed by atoms with van der Waals surface area (Å²) in [7, 11) is 0. The normalized spacial score (nSPS) is 23.9. The van der Waals surface area contributed by atoms with Crippen LogP contribution in [0.3, 0.4) is 0 Å². The minimum Gasteiger partial charge on any atom is -0.367 e. The van der Waals surface area contributed by atoms with Gasteiger partial charge in [-0.15, -0.1) is 0 Å². The van der Waals surface area contributed by atoms with E-state index in [1.165, 1.54) is 49.9 Å². The Bertz CT molecular complexity index is 435. The molecule has 0 spiro atoms. The van der Waals surface area contributed by atoms with Crippen LogP contribution in [0.1, 0.15) is 51.5 Å². The fraction of sp³-hybridized carbons (Fsp3) is 0.667. The Kier molecular flexibility index (Phi) is 4.30. The van der Waals surface area contributed by atoms with E-state index in [0.29, 0.717) is 6.04 Å². The van der Waals surface area contributed by atoms with E-state index in [4.69, 9.17) is 0 Å². The number of nitrogens with one attached hydrogen (secondary N) is 1. The van der Waals surface area contributed by atoms with Gasteiger partial charge in [-0.3, -0.25) is 0 Å². The summed E-state index contributed by atoms with van der Waals surface area (Å²) < 4.78 is 0. The minimum absolute atomic E-state index is 0.628. The van der Waals surface area contributed by atoms with Gasteiger partial charge in [0.05, 0.1) is 0 Å². The number of nitrogens with zero attached hydrogens (tertiary/aromatic N) is 1. The van der Waals surface area contributed by atoms with Crippen LogP contribution in [0.15, 0.2) is 24.3 Å². The molecule has 1 fully saturated rings. The van der Waals surface area contributed by atoms with E-state index in [1.54, 1.807) is 0 Å². The molecule has 1 N–H and O–H groups in total. The molecule has 0 amide bonds. The molecule has 2 heteroatoms. The Labute approximate surface area is 123 Å². The molecule has 1 unspecified atom stereocenters. The maximum absolute atomic E-state index is 3.78. The fourth-order valence-corrected chi connectivity index (χ4v) is 3.88. The maximum atomic E-state index is 3.78. The van der Waals surface area contributed by atoms with E-state index in [0.717, 1.165) is 18.5 Å². The van der Waals surface area contributed by atoms with Crippen LogP contribution in [-0.4, -0.2) is 18.6 Å².